The monoisotopic (exact) mass is 607 g/mol. The Morgan fingerprint density at radius 3 is 1.38 bits per heavy atom. The van der Waals surface area contributed by atoms with Gasteiger partial charge in [-0.2, -0.15) is 19.2 Å². The number of esters is 2. The van der Waals surface area contributed by atoms with Crippen molar-refractivity contribution in [1.29, 1.82) is 0 Å². The molecule has 0 amide bonds. The maximum atomic E-state index is 12.6. The average Bonchev–Trinajstić information content (AvgIpc) is 3.49. The van der Waals surface area contributed by atoms with E-state index in [-0.39, 0.29) is 48.3 Å². The van der Waals surface area contributed by atoms with Crippen molar-refractivity contribution in [2.45, 2.75) is 86.9 Å². The third kappa shape index (κ3) is 23.2. The second-order valence-corrected chi connectivity index (χ2v) is 13.7. The van der Waals surface area contributed by atoms with Crippen LogP contribution in [0, 0.1) is 23.2 Å². The number of hydrogen-bond donors (Lipinski definition) is 0. The molecule has 0 heterocycles. The first-order chi connectivity index (χ1) is 18.0. The van der Waals surface area contributed by atoms with Gasteiger partial charge in [0.05, 0.1) is 27.6 Å². The minimum absolute atomic E-state index is 0.0358. The van der Waals surface area contributed by atoms with Crippen LogP contribution >= 0.6 is 0 Å². The largest absolute Gasteiger partial charge is 0.463 e. The summed E-state index contributed by atoms with van der Waals surface area (Å²) in [5.41, 5.74) is -0.896. The fourth-order valence-corrected chi connectivity index (χ4v) is 2.99. The fraction of sp³-hybridized carbons (Fsp3) is 0.769. The second-order valence-electron chi connectivity index (χ2n) is 10.3. The molecule has 14 heteroatoms. The number of ether oxygens (including phenoxy) is 2. The van der Waals surface area contributed by atoms with Crippen LogP contribution in [0.25, 0.3) is 0 Å². The maximum Gasteiger partial charge on any atom is 0.373 e. The van der Waals surface area contributed by atoms with E-state index in [4.69, 9.17) is 28.7 Å². The molecule has 9 nitrogen and oxygen atoms in total. The van der Waals surface area contributed by atoms with Crippen molar-refractivity contribution in [3.8, 4) is 0 Å². The van der Waals surface area contributed by atoms with E-state index in [0.717, 1.165) is 0 Å². The second kappa shape index (κ2) is 22.1. The Morgan fingerprint density at radius 1 is 0.825 bits per heavy atom. The lowest BCUT2D eigenvalue weighted by molar-refractivity contribution is -0.193. The first-order valence-electron chi connectivity index (χ1n) is 12.1. The quantitative estimate of drug-likeness (QED) is 0.164. The predicted molar refractivity (Wildman–Crippen MR) is 139 cm³/mol. The number of rotatable bonds is 8. The molecule has 0 aliphatic heterocycles. The van der Waals surface area contributed by atoms with E-state index in [1.54, 1.807) is 74.2 Å². The van der Waals surface area contributed by atoms with Gasteiger partial charge in [0.25, 0.3) is 6.43 Å². The number of halogens is 4. The lowest BCUT2D eigenvalue weighted by Crippen LogP contribution is -2.30. The zero-order valence-corrected chi connectivity index (χ0v) is 25.7. The van der Waals surface area contributed by atoms with Gasteiger partial charge in [0.1, 0.15) is 18.8 Å². The highest BCUT2D eigenvalue weighted by Gasteiger charge is 2.66. The van der Waals surface area contributed by atoms with E-state index in [9.17, 15) is 31.4 Å². The number of carbonyl (C=O) groups is 2. The van der Waals surface area contributed by atoms with Crippen molar-refractivity contribution < 1.29 is 60.0 Å². The molecule has 1 rings (SSSR count). The summed E-state index contributed by atoms with van der Waals surface area (Å²) in [6, 6.07) is 0. The van der Waals surface area contributed by atoms with E-state index in [1.807, 2.05) is 0 Å². The Labute approximate surface area is 234 Å². The fourth-order valence-electron chi connectivity index (χ4n) is 2.99. The zero-order valence-electron chi connectivity index (χ0n) is 24.9. The van der Waals surface area contributed by atoms with Crippen LogP contribution in [0.1, 0.15) is 61.8 Å². The Morgan fingerprint density at radius 2 is 1.18 bits per heavy atom. The van der Waals surface area contributed by atoms with Crippen LogP contribution in [0.15, 0.2) is 11.6 Å². The Bertz CT molecular complexity index is 864. The minimum Gasteiger partial charge on any atom is -0.463 e. The van der Waals surface area contributed by atoms with Gasteiger partial charge in [0, 0.05) is 11.5 Å². The smallest absolute Gasteiger partial charge is 0.373 e. The molecular formula is C26H43F4O9S+. The predicted octanol–water partition coefficient (Wildman–Crippen LogP) is 4.86. The molecule has 0 radical (unpaired) electrons. The van der Waals surface area contributed by atoms with Gasteiger partial charge in [-0.15, -0.1) is 4.21 Å². The summed E-state index contributed by atoms with van der Waals surface area (Å²) in [4.78, 5) is 55.5. The van der Waals surface area contributed by atoms with Gasteiger partial charge in [-0.1, -0.05) is 27.7 Å². The van der Waals surface area contributed by atoms with Gasteiger partial charge in [-0.3, -0.25) is 4.79 Å². The van der Waals surface area contributed by atoms with Gasteiger partial charge in [0.15, 0.2) is 0 Å². The highest BCUT2D eigenvalue weighted by molar-refractivity contribution is 8.00. The van der Waals surface area contributed by atoms with Crippen molar-refractivity contribution in [1.82, 2.24) is 0 Å². The molecule has 1 aliphatic rings. The van der Waals surface area contributed by atoms with Crippen LogP contribution in [0.4, 0.5) is 17.6 Å². The van der Waals surface area contributed by atoms with Crippen LogP contribution in [0.5, 0.6) is 0 Å². The third-order valence-corrected chi connectivity index (χ3v) is 4.62. The standard InChI is InChI=1S/C11H18F2O2.C10H16F2O2.C3H9OS.2CO2/c1-6(2)11(5-8(11)9(12)13)10(14)15-7(3)4;1-6(2)8(5-9(11)12)10(13)14-7(3)4;1-5(2,3)4;2*2-1-3/h6-9H,5H2,1-4H3;5-7,9H,1-4H3;1-3H3;;/q;;+1;;/b;8-5-;;;. The van der Waals surface area contributed by atoms with Gasteiger partial charge in [0.2, 0.25) is 6.43 Å². The van der Waals surface area contributed by atoms with Crippen molar-refractivity contribution in [2.75, 3.05) is 18.8 Å². The van der Waals surface area contributed by atoms with E-state index in [2.05, 4.69) is 0 Å². The first-order valence-corrected chi connectivity index (χ1v) is 14.9. The molecule has 0 N–H and O–H groups in total. The SMILES string of the molecule is CC(C)OC(=O)/C(=C\C(F)F)C(C)C.CC(C)OC(=O)C1(C(C)C)CC1C(F)F.C[S+](C)(C)=O.O=C=O.O=C=O. The summed E-state index contributed by atoms with van der Waals surface area (Å²) < 4.78 is 69.3. The molecule has 2 unspecified atom stereocenters. The van der Waals surface area contributed by atoms with Gasteiger partial charge < -0.3 is 9.47 Å². The normalized spacial score (nSPS) is 17.6. The number of allylic oxidation sites excluding steroid dienone is 1. The molecule has 40 heavy (non-hydrogen) atoms. The lowest BCUT2D eigenvalue weighted by atomic mass is 9.90. The van der Waals surface area contributed by atoms with Crippen molar-refractivity contribution >= 4 is 34.2 Å². The van der Waals surface area contributed by atoms with Crippen molar-refractivity contribution in [3.05, 3.63) is 11.6 Å². The summed E-state index contributed by atoms with van der Waals surface area (Å²) in [5.74, 6) is -2.28. The molecule has 0 aromatic heterocycles. The van der Waals surface area contributed by atoms with Crippen LogP contribution < -0.4 is 0 Å². The summed E-state index contributed by atoms with van der Waals surface area (Å²) in [5, 5.41) is 0. The van der Waals surface area contributed by atoms with Crippen LogP contribution in [-0.4, -0.2) is 68.1 Å². The molecule has 0 bridgehead atoms. The van der Waals surface area contributed by atoms with Crippen LogP contribution in [0.2, 0.25) is 0 Å². The highest BCUT2D eigenvalue weighted by atomic mass is 32.2. The molecule has 1 fully saturated rings. The van der Waals surface area contributed by atoms with E-state index in [0.29, 0.717) is 6.08 Å². The Hall–Kier alpha value is -2.69. The van der Waals surface area contributed by atoms with Gasteiger partial charge in [-0.05, 0) is 52.0 Å². The Balaban J connectivity index is -0.000000238. The van der Waals surface area contributed by atoms with Gasteiger partial charge in [-0.25, -0.2) is 22.4 Å². The zero-order chi connectivity index (χ0) is 33.0. The summed E-state index contributed by atoms with van der Waals surface area (Å²) in [6.07, 6.45) is 0.976. The number of alkyl halides is 4. The molecule has 1 aliphatic carbocycles. The summed E-state index contributed by atoms with van der Waals surface area (Å²) >= 11 is 0. The highest BCUT2D eigenvalue weighted by Crippen LogP contribution is 2.61. The lowest BCUT2D eigenvalue weighted by Gasteiger charge is -2.21. The summed E-state index contributed by atoms with van der Waals surface area (Å²) in [6.45, 7) is 13.8. The Kier molecular flexibility index (Phi) is 24.4. The first kappa shape index (κ1) is 44.3. The molecule has 234 valence electrons. The molecule has 0 saturated heterocycles. The number of carbonyl (C=O) groups excluding carboxylic acids is 6. The molecule has 0 spiro atoms. The van der Waals surface area contributed by atoms with E-state index < -0.39 is 46.1 Å². The van der Waals surface area contributed by atoms with Crippen LogP contribution in [0.3, 0.4) is 0 Å². The molecule has 1 saturated carbocycles. The van der Waals surface area contributed by atoms with Gasteiger partial charge >= 0.3 is 24.2 Å². The minimum atomic E-state index is -2.62. The van der Waals surface area contributed by atoms with E-state index in [1.165, 1.54) is 0 Å². The summed E-state index contributed by atoms with van der Waals surface area (Å²) in [7, 11) is -1.42. The number of hydrogen-bond acceptors (Lipinski definition) is 9. The maximum absolute atomic E-state index is 12.6. The van der Waals surface area contributed by atoms with Crippen molar-refractivity contribution in [3.63, 3.8) is 0 Å². The molecule has 2 atom stereocenters. The topological polar surface area (TPSA) is 138 Å². The molecular weight excluding hydrogens is 564 g/mol. The molecule has 0 aromatic carbocycles. The van der Waals surface area contributed by atoms with E-state index >= 15 is 0 Å². The molecule has 0 aromatic rings. The average molecular weight is 608 g/mol. The van der Waals surface area contributed by atoms with Crippen LogP contribution in [-0.2, 0) is 52.4 Å². The third-order valence-electron chi connectivity index (χ3n) is 4.62. The van der Waals surface area contributed by atoms with Crippen molar-refractivity contribution in [2.24, 2.45) is 23.2 Å².